The zero-order chi connectivity index (χ0) is 12.5. The first-order valence-corrected chi connectivity index (χ1v) is 6.92. The molecule has 1 aliphatic heterocycles. The monoisotopic (exact) mass is 218 g/mol. The lowest BCUT2D eigenvalue weighted by molar-refractivity contribution is 0.125. The van der Waals surface area contributed by atoms with Gasteiger partial charge in [0.25, 0.3) is 0 Å². The fourth-order valence-electron chi connectivity index (χ4n) is 1.09. The summed E-state index contributed by atoms with van der Waals surface area (Å²) in [7, 11) is 0. The van der Waals surface area contributed by atoms with Gasteiger partial charge in [0, 0.05) is 6.61 Å². The van der Waals surface area contributed by atoms with Crippen molar-refractivity contribution in [3.05, 3.63) is 0 Å². The second-order valence-corrected chi connectivity index (χ2v) is 3.18. The predicted octanol–water partition coefficient (Wildman–Crippen LogP) is 5.43. The van der Waals surface area contributed by atoms with Crippen molar-refractivity contribution in [3.8, 4) is 0 Å². The van der Waals surface area contributed by atoms with Crippen LogP contribution in [-0.4, -0.2) is 12.7 Å². The molecule has 0 spiro atoms. The summed E-state index contributed by atoms with van der Waals surface area (Å²) in [5.74, 6) is 0. The Morgan fingerprint density at radius 3 is 1.53 bits per heavy atom. The molecule has 1 rings (SSSR count). The zero-order valence-electron chi connectivity index (χ0n) is 12.2. The minimum atomic E-state index is 0.546. The highest BCUT2D eigenvalue weighted by atomic mass is 16.5. The summed E-state index contributed by atoms with van der Waals surface area (Å²) in [5, 5.41) is 0. The fraction of sp³-hybridized carbons (Fsp3) is 1.00. The maximum atomic E-state index is 5.15. The Balaban J connectivity index is -0.000000146. The van der Waals surface area contributed by atoms with Crippen LogP contribution in [0.4, 0.5) is 0 Å². The highest BCUT2D eigenvalue weighted by Gasteiger charge is 2.07. The van der Waals surface area contributed by atoms with Crippen molar-refractivity contribution in [1.29, 1.82) is 0 Å². The fourth-order valence-corrected chi connectivity index (χ4v) is 1.09. The number of hydrogen-bond donors (Lipinski definition) is 0. The van der Waals surface area contributed by atoms with E-state index in [1.54, 1.807) is 0 Å². The Hall–Kier alpha value is -0.0400. The zero-order valence-corrected chi connectivity index (χ0v) is 12.2. The Morgan fingerprint density at radius 2 is 1.47 bits per heavy atom. The molecule has 1 atom stereocenters. The molecule has 0 radical (unpaired) electrons. The minimum absolute atomic E-state index is 0.546. The largest absolute Gasteiger partial charge is 0.379 e. The molecule has 0 amide bonds. The molecule has 0 saturated carbocycles. The van der Waals surface area contributed by atoms with E-state index in [1.807, 2.05) is 27.7 Å². The average Bonchev–Trinajstić information content (AvgIpc) is 2.77. The summed E-state index contributed by atoms with van der Waals surface area (Å²) < 4.78 is 5.15. The van der Waals surface area contributed by atoms with Gasteiger partial charge >= 0.3 is 0 Å². The van der Waals surface area contributed by atoms with E-state index in [0.717, 1.165) is 6.61 Å². The highest BCUT2D eigenvalue weighted by molar-refractivity contribution is 4.56. The van der Waals surface area contributed by atoms with Gasteiger partial charge in [0.2, 0.25) is 0 Å². The molecular weight excluding hydrogens is 184 g/mol. The molecule has 1 saturated heterocycles. The van der Waals surface area contributed by atoms with Crippen LogP contribution >= 0.6 is 0 Å². The van der Waals surface area contributed by atoms with Crippen LogP contribution in [0.1, 0.15) is 80.6 Å². The maximum Gasteiger partial charge on any atom is 0.0547 e. The standard InChI is InChI=1S/C5H10O.C5H12.2C2H6/c1-5-3-2-4-6-5;1-3-5-4-2;2*1-2/h5H,2-4H2,1H3;3-5H2,1-2H3;2*1-2H3. The normalized spacial score (nSPS) is 17.4. The van der Waals surface area contributed by atoms with E-state index < -0.39 is 0 Å². The molecule has 1 heterocycles. The van der Waals surface area contributed by atoms with E-state index in [9.17, 15) is 0 Å². The van der Waals surface area contributed by atoms with Gasteiger partial charge in [-0.1, -0.05) is 60.8 Å². The van der Waals surface area contributed by atoms with Gasteiger partial charge in [-0.25, -0.2) is 0 Å². The lowest BCUT2D eigenvalue weighted by Gasteiger charge is -1.94. The molecule has 0 bridgehead atoms. The average molecular weight is 218 g/mol. The molecule has 0 aromatic heterocycles. The predicted molar refractivity (Wildman–Crippen MR) is 72.5 cm³/mol. The number of hydrogen-bond acceptors (Lipinski definition) is 1. The molecule has 96 valence electrons. The Kier molecular flexibility index (Phi) is 32.1. The Labute approximate surface area is 98.6 Å². The van der Waals surface area contributed by atoms with Crippen molar-refractivity contribution in [3.63, 3.8) is 0 Å². The van der Waals surface area contributed by atoms with Gasteiger partial charge in [-0.3, -0.25) is 0 Å². The van der Waals surface area contributed by atoms with Crippen molar-refractivity contribution in [2.75, 3.05) is 6.61 Å². The van der Waals surface area contributed by atoms with Crippen molar-refractivity contribution in [1.82, 2.24) is 0 Å². The van der Waals surface area contributed by atoms with E-state index in [-0.39, 0.29) is 0 Å². The van der Waals surface area contributed by atoms with E-state index >= 15 is 0 Å². The van der Waals surface area contributed by atoms with E-state index in [4.69, 9.17) is 4.74 Å². The van der Waals surface area contributed by atoms with Crippen LogP contribution in [0.15, 0.2) is 0 Å². The summed E-state index contributed by atoms with van der Waals surface area (Å²) in [6, 6.07) is 0. The molecule has 0 aromatic carbocycles. The smallest absolute Gasteiger partial charge is 0.0547 e. The molecule has 1 nitrogen and oxygen atoms in total. The maximum absolute atomic E-state index is 5.15. The number of rotatable bonds is 2. The van der Waals surface area contributed by atoms with Crippen LogP contribution in [0.3, 0.4) is 0 Å². The van der Waals surface area contributed by atoms with Gasteiger partial charge < -0.3 is 4.74 Å². The van der Waals surface area contributed by atoms with Crippen LogP contribution in [0.5, 0.6) is 0 Å². The lowest BCUT2D eigenvalue weighted by Crippen LogP contribution is -1.94. The van der Waals surface area contributed by atoms with Crippen LogP contribution in [0, 0.1) is 0 Å². The molecule has 15 heavy (non-hydrogen) atoms. The first-order valence-electron chi connectivity index (χ1n) is 6.92. The summed E-state index contributed by atoms with van der Waals surface area (Å²) in [5.41, 5.74) is 0. The van der Waals surface area contributed by atoms with Crippen molar-refractivity contribution >= 4 is 0 Å². The molecule has 0 aliphatic carbocycles. The third-order valence-corrected chi connectivity index (χ3v) is 1.86. The van der Waals surface area contributed by atoms with Gasteiger partial charge in [-0.2, -0.15) is 0 Å². The van der Waals surface area contributed by atoms with E-state index in [0.29, 0.717) is 6.10 Å². The third-order valence-electron chi connectivity index (χ3n) is 1.86. The first kappa shape index (κ1) is 20.4. The van der Waals surface area contributed by atoms with Gasteiger partial charge in [-0.05, 0) is 19.8 Å². The molecule has 1 unspecified atom stereocenters. The second-order valence-electron chi connectivity index (χ2n) is 3.18. The van der Waals surface area contributed by atoms with Crippen LogP contribution in [-0.2, 0) is 4.74 Å². The Morgan fingerprint density at radius 1 is 1.00 bits per heavy atom. The van der Waals surface area contributed by atoms with E-state index in [2.05, 4.69) is 20.8 Å². The van der Waals surface area contributed by atoms with Crippen LogP contribution < -0.4 is 0 Å². The van der Waals surface area contributed by atoms with E-state index in [1.165, 1.54) is 32.1 Å². The van der Waals surface area contributed by atoms with Crippen LogP contribution in [0.25, 0.3) is 0 Å². The topological polar surface area (TPSA) is 9.23 Å². The van der Waals surface area contributed by atoms with Gasteiger partial charge in [0.15, 0.2) is 0 Å². The van der Waals surface area contributed by atoms with Gasteiger partial charge in [-0.15, -0.1) is 0 Å². The number of ether oxygens (including phenoxy) is 1. The summed E-state index contributed by atoms with van der Waals surface area (Å²) >= 11 is 0. The number of unbranched alkanes of at least 4 members (excludes halogenated alkanes) is 2. The summed E-state index contributed by atoms with van der Waals surface area (Å²) in [6.07, 6.45) is 7.15. The van der Waals surface area contributed by atoms with Crippen molar-refractivity contribution in [2.24, 2.45) is 0 Å². The Bertz CT molecular complexity index is 63.7. The highest BCUT2D eigenvalue weighted by Crippen LogP contribution is 2.09. The summed E-state index contributed by atoms with van der Waals surface area (Å²) in [4.78, 5) is 0. The first-order chi connectivity index (χ1) is 7.31. The second kappa shape index (κ2) is 23.6. The molecule has 1 heteroatoms. The molecule has 0 N–H and O–H groups in total. The summed E-state index contributed by atoms with van der Waals surface area (Å²) in [6.45, 7) is 15.5. The third kappa shape index (κ3) is 24.9. The molecule has 1 fully saturated rings. The minimum Gasteiger partial charge on any atom is -0.379 e. The SMILES string of the molecule is CC.CC.CC1CCCO1.CCCCC. The molecule has 0 aromatic rings. The van der Waals surface area contributed by atoms with Crippen molar-refractivity contribution < 1.29 is 4.74 Å². The van der Waals surface area contributed by atoms with Gasteiger partial charge in [0.1, 0.15) is 0 Å². The van der Waals surface area contributed by atoms with Crippen LogP contribution in [0.2, 0.25) is 0 Å². The van der Waals surface area contributed by atoms with Crippen molar-refractivity contribution in [2.45, 2.75) is 86.7 Å². The quantitative estimate of drug-likeness (QED) is 0.600. The van der Waals surface area contributed by atoms with Gasteiger partial charge in [0.05, 0.1) is 6.10 Å². The molecule has 1 aliphatic rings. The molecular formula is C14H34O. The lowest BCUT2D eigenvalue weighted by atomic mass is 10.3.